The number of halogens is 1. The molecular formula is C14H16FNO4. The third-order valence-electron chi connectivity index (χ3n) is 2.91. The van der Waals surface area contributed by atoms with Crippen LogP contribution in [-0.4, -0.2) is 31.4 Å². The molecule has 0 spiro atoms. The second kappa shape index (κ2) is 6.36. The fraction of sp³-hybridized carbons (Fsp3) is 0.429. The van der Waals surface area contributed by atoms with Crippen LogP contribution < -0.4 is 9.64 Å². The standard InChI is InChI=1S/C14H16FNO4/c1-2-19-14(18)13(15)20-11-6-3-5-10(9-11)16-8-4-7-12(16)17/h3,5-6,9,13H,2,4,7-8H2,1H3. The Labute approximate surface area is 116 Å². The van der Waals surface area contributed by atoms with Crippen LogP contribution in [0.5, 0.6) is 5.75 Å². The van der Waals surface area contributed by atoms with Gasteiger partial charge in [-0.05, 0) is 25.5 Å². The number of amides is 1. The molecule has 1 amide bonds. The van der Waals surface area contributed by atoms with Crippen LogP contribution in [0, 0.1) is 0 Å². The lowest BCUT2D eigenvalue weighted by molar-refractivity contribution is -0.159. The molecule has 1 atom stereocenters. The summed E-state index contributed by atoms with van der Waals surface area (Å²) in [6.45, 7) is 2.31. The van der Waals surface area contributed by atoms with Gasteiger partial charge in [0.1, 0.15) is 5.75 Å². The molecule has 1 saturated heterocycles. The largest absolute Gasteiger partial charge is 0.461 e. The SMILES string of the molecule is CCOC(=O)C(F)Oc1cccc(N2CCCC2=O)c1. The predicted octanol–water partition coefficient (Wildman–Crippen LogP) is 2.05. The van der Waals surface area contributed by atoms with Crippen molar-refractivity contribution in [3.8, 4) is 5.75 Å². The zero-order valence-corrected chi connectivity index (χ0v) is 11.2. The van der Waals surface area contributed by atoms with Crippen molar-refractivity contribution >= 4 is 17.6 Å². The second-order valence-corrected chi connectivity index (χ2v) is 4.33. The Morgan fingerprint density at radius 1 is 1.50 bits per heavy atom. The van der Waals surface area contributed by atoms with Crippen molar-refractivity contribution in [3.63, 3.8) is 0 Å². The number of rotatable bonds is 5. The van der Waals surface area contributed by atoms with E-state index in [0.717, 1.165) is 6.42 Å². The van der Waals surface area contributed by atoms with Crippen LogP contribution in [0.25, 0.3) is 0 Å². The van der Waals surface area contributed by atoms with Crippen LogP contribution >= 0.6 is 0 Å². The number of nitrogens with zero attached hydrogens (tertiary/aromatic N) is 1. The van der Waals surface area contributed by atoms with E-state index in [9.17, 15) is 14.0 Å². The van der Waals surface area contributed by atoms with E-state index in [1.54, 1.807) is 24.0 Å². The van der Waals surface area contributed by atoms with E-state index < -0.39 is 12.3 Å². The second-order valence-electron chi connectivity index (χ2n) is 4.33. The van der Waals surface area contributed by atoms with Gasteiger partial charge in [-0.15, -0.1) is 0 Å². The van der Waals surface area contributed by atoms with Gasteiger partial charge in [0, 0.05) is 24.7 Å². The van der Waals surface area contributed by atoms with Gasteiger partial charge < -0.3 is 14.4 Å². The highest BCUT2D eigenvalue weighted by molar-refractivity contribution is 5.95. The number of esters is 1. The lowest BCUT2D eigenvalue weighted by Gasteiger charge is -2.17. The molecule has 108 valence electrons. The summed E-state index contributed by atoms with van der Waals surface area (Å²) >= 11 is 0. The van der Waals surface area contributed by atoms with Crippen LogP contribution in [0.4, 0.5) is 10.1 Å². The molecule has 6 heteroatoms. The van der Waals surface area contributed by atoms with Crippen LogP contribution in [-0.2, 0) is 14.3 Å². The molecule has 0 bridgehead atoms. The Bertz CT molecular complexity index is 506. The number of benzene rings is 1. The van der Waals surface area contributed by atoms with Gasteiger partial charge in [0.25, 0.3) is 0 Å². The first-order valence-corrected chi connectivity index (χ1v) is 6.49. The summed E-state index contributed by atoms with van der Waals surface area (Å²) in [5, 5.41) is 0. The Hall–Kier alpha value is -2.11. The van der Waals surface area contributed by atoms with E-state index in [4.69, 9.17) is 4.74 Å². The lowest BCUT2D eigenvalue weighted by atomic mass is 10.3. The molecular weight excluding hydrogens is 265 g/mol. The highest BCUT2D eigenvalue weighted by Crippen LogP contribution is 2.26. The van der Waals surface area contributed by atoms with E-state index in [1.807, 2.05) is 0 Å². The van der Waals surface area contributed by atoms with Gasteiger partial charge in [0.05, 0.1) is 6.61 Å². The van der Waals surface area contributed by atoms with Gasteiger partial charge in [-0.3, -0.25) is 4.79 Å². The Morgan fingerprint density at radius 2 is 2.30 bits per heavy atom. The van der Waals surface area contributed by atoms with Crippen molar-refractivity contribution < 1.29 is 23.5 Å². The molecule has 1 aliphatic heterocycles. The summed E-state index contributed by atoms with van der Waals surface area (Å²) in [6, 6.07) is 6.45. The number of carbonyl (C=O) groups is 2. The van der Waals surface area contributed by atoms with E-state index in [-0.39, 0.29) is 18.3 Å². The van der Waals surface area contributed by atoms with E-state index >= 15 is 0 Å². The molecule has 1 aromatic carbocycles. The maximum Gasteiger partial charge on any atom is 0.381 e. The van der Waals surface area contributed by atoms with Crippen molar-refractivity contribution in [2.45, 2.75) is 26.1 Å². The topological polar surface area (TPSA) is 55.8 Å². The number of ether oxygens (including phenoxy) is 2. The molecule has 1 aromatic rings. The van der Waals surface area contributed by atoms with E-state index in [0.29, 0.717) is 18.7 Å². The summed E-state index contributed by atoms with van der Waals surface area (Å²) in [7, 11) is 0. The minimum absolute atomic E-state index is 0.0318. The molecule has 0 saturated carbocycles. The highest BCUT2D eigenvalue weighted by atomic mass is 19.1. The van der Waals surface area contributed by atoms with E-state index in [1.165, 1.54) is 12.1 Å². The van der Waals surface area contributed by atoms with Gasteiger partial charge in [-0.1, -0.05) is 6.07 Å². The zero-order chi connectivity index (χ0) is 14.5. The Morgan fingerprint density at radius 3 is 2.95 bits per heavy atom. The molecule has 0 radical (unpaired) electrons. The summed E-state index contributed by atoms with van der Waals surface area (Å²) < 4.78 is 22.9. The van der Waals surface area contributed by atoms with Gasteiger partial charge in [-0.2, -0.15) is 4.39 Å². The first-order valence-electron chi connectivity index (χ1n) is 6.49. The average Bonchev–Trinajstić information content (AvgIpc) is 2.85. The van der Waals surface area contributed by atoms with Crippen molar-refractivity contribution in [2.75, 3.05) is 18.1 Å². The fourth-order valence-electron chi connectivity index (χ4n) is 2.02. The molecule has 0 aliphatic carbocycles. The molecule has 0 aromatic heterocycles. The average molecular weight is 281 g/mol. The monoisotopic (exact) mass is 281 g/mol. The predicted molar refractivity (Wildman–Crippen MR) is 70.2 cm³/mol. The Kier molecular flexibility index (Phi) is 4.55. The molecule has 0 N–H and O–H groups in total. The molecule has 1 heterocycles. The molecule has 1 fully saturated rings. The number of hydrogen-bond acceptors (Lipinski definition) is 4. The van der Waals surface area contributed by atoms with Crippen LogP contribution in [0.15, 0.2) is 24.3 Å². The third-order valence-corrected chi connectivity index (χ3v) is 2.91. The summed E-state index contributed by atoms with van der Waals surface area (Å²) in [4.78, 5) is 24.4. The fourth-order valence-corrected chi connectivity index (χ4v) is 2.02. The minimum atomic E-state index is -2.17. The lowest BCUT2D eigenvalue weighted by Crippen LogP contribution is -2.25. The van der Waals surface area contributed by atoms with E-state index in [2.05, 4.69) is 4.74 Å². The molecule has 20 heavy (non-hydrogen) atoms. The van der Waals surface area contributed by atoms with Crippen molar-refractivity contribution in [3.05, 3.63) is 24.3 Å². The number of hydrogen-bond donors (Lipinski definition) is 0. The van der Waals surface area contributed by atoms with Gasteiger partial charge >= 0.3 is 12.3 Å². The van der Waals surface area contributed by atoms with Crippen LogP contribution in [0.3, 0.4) is 0 Å². The van der Waals surface area contributed by atoms with Crippen molar-refractivity contribution in [1.29, 1.82) is 0 Å². The van der Waals surface area contributed by atoms with Gasteiger partial charge in [0.2, 0.25) is 5.91 Å². The molecule has 5 nitrogen and oxygen atoms in total. The summed E-state index contributed by atoms with van der Waals surface area (Å²) in [5.74, 6) is -0.845. The zero-order valence-electron chi connectivity index (χ0n) is 11.2. The van der Waals surface area contributed by atoms with Crippen LogP contribution in [0.1, 0.15) is 19.8 Å². The third kappa shape index (κ3) is 3.26. The number of anilines is 1. The highest BCUT2D eigenvalue weighted by Gasteiger charge is 2.23. The Balaban J connectivity index is 2.06. The number of alkyl halides is 1. The quantitative estimate of drug-likeness (QED) is 0.775. The first-order chi connectivity index (χ1) is 9.61. The summed E-state index contributed by atoms with van der Waals surface area (Å²) in [5.41, 5.74) is 0.640. The summed E-state index contributed by atoms with van der Waals surface area (Å²) in [6.07, 6.45) is -0.850. The molecule has 1 unspecified atom stereocenters. The maximum absolute atomic E-state index is 13.5. The first kappa shape index (κ1) is 14.3. The molecule has 2 rings (SSSR count). The smallest absolute Gasteiger partial charge is 0.381 e. The minimum Gasteiger partial charge on any atom is -0.461 e. The van der Waals surface area contributed by atoms with Crippen molar-refractivity contribution in [2.24, 2.45) is 0 Å². The molecule has 1 aliphatic rings. The normalized spacial score (nSPS) is 16.1. The van der Waals surface area contributed by atoms with Crippen LogP contribution in [0.2, 0.25) is 0 Å². The number of carbonyl (C=O) groups excluding carboxylic acids is 2. The van der Waals surface area contributed by atoms with Gasteiger partial charge in [0.15, 0.2) is 0 Å². The maximum atomic E-state index is 13.5. The van der Waals surface area contributed by atoms with Crippen molar-refractivity contribution in [1.82, 2.24) is 0 Å². The van der Waals surface area contributed by atoms with Gasteiger partial charge in [-0.25, -0.2) is 4.79 Å².